The highest BCUT2D eigenvalue weighted by Gasteiger charge is 2.50. The summed E-state index contributed by atoms with van der Waals surface area (Å²) in [6.07, 6.45) is 3.57. The van der Waals surface area contributed by atoms with E-state index in [2.05, 4.69) is 22.7 Å². The van der Waals surface area contributed by atoms with Gasteiger partial charge in [-0.05, 0) is 39.2 Å². The van der Waals surface area contributed by atoms with E-state index in [-0.39, 0.29) is 6.10 Å². The van der Waals surface area contributed by atoms with Crippen molar-refractivity contribution in [1.29, 1.82) is 0 Å². The first kappa shape index (κ1) is 18.3. The molecular formula is C18H25NO5. The van der Waals surface area contributed by atoms with Gasteiger partial charge in [-0.2, -0.15) is 0 Å². The minimum absolute atomic E-state index is 0.0660. The number of carbonyl (C=O) groups excluding carboxylic acids is 2. The minimum Gasteiger partial charge on any atom is -0.459 e. The molecule has 0 aromatic carbocycles. The zero-order valence-corrected chi connectivity index (χ0v) is 15.0. The number of hydrogen-bond acceptors (Lipinski definition) is 5. The van der Waals surface area contributed by atoms with E-state index in [0.717, 1.165) is 12.0 Å². The topological polar surface area (TPSA) is 65.1 Å². The lowest BCUT2D eigenvalue weighted by atomic mass is 9.79. The molecule has 1 fully saturated rings. The zero-order valence-electron chi connectivity index (χ0n) is 15.0. The van der Waals surface area contributed by atoms with E-state index in [1.807, 2.05) is 20.8 Å². The molecule has 132 valence electrons. The van der Waals surface area contributed by atoms with Crippen molar-refractivity contribution in [3.8, 4) is 11.8 Å². The van der Waals surface area contributed by atoms with Crippen molar-refractivity contribution in [2.24, 2.45) is 0 Å². The molecule has 2 rings (SSSR count). The maximum absolute atomic E-state index is 12.7. The van der Waals surface area contributed by atoms with E-state index in [1.54, 1.807) is 12.0 Å². The van der Waals surface area contributed by atoms with Gasteiger partial charge in [0.25, 0.3) is 0 Å². The summed E-state index contributed by atoms with van der Waals surface area (Å²) in [6, 6.07) is 0. The molecule has 2 aliphatic rings. The average molecular weight is 335 g/mol. The maximum atomic E-state index is 12.7. The molecule has 0 radical (unpaired) electrons. The molecule has 0 saturated carbocycles. The molecule has 24 heavy (non-hydrogen) atoms. The average Bonchev–Trinajstić information content (AvgIpc) is 2.89. The summed E-state index contributed by atoms with van der Waals surface area (Å²) in [5, 5.41) is 0. The maximum Gasteiger partial charge on any atom is 0.411 e. The Morgan fingerprint density at radius 1 is 1.33 bits per heavy atom. The predicted molar refractivity (Wildman–Crippen MR) is 88.2 cm³/mol. The van der Waals surface area contributed by atoms with Crippen LogP contribution in [-0.2, 0) is 19.0 Å². The van der Waals surface area contributed by atoms with Crippen LogP contribution in [0.15, 0.2) is 11.6 Å². The number of methoxy groups -OCH3 is 2. The zero-order chi connectivity index (χ0) is 18.0. The summed E-state index contributed by atoms with van der Waals surface area (Å²) in [6.45, 7) is 5.98. The van der Waals surface area contributed by atoms with Gasteiger partial charge in [-0.3, -0.25) is 4.90 Å². The molecule has 6 nitrogen and oxygen atoms in total. The molecule has 1 aliphatic heterocycles. The lowest BCUT2D eigenvalue weighted by Crippen LogP contribution is -2.52. The number of carbonyl (C=O) groups is 2. The van der Waals surface area contributed by atoms with Gasteiger partial charge in [0.05, 0.1) is 13.2 Å². The number of nitrogens with zero attached hydrogens (tertiary/aromatic N) is 1. The molecule has 1 saturated heterocycles. The number of ether oxygens (including phenoxy) is 3. The quantitative estimate of drug-likeness (QED) is 0.318. The Hall–Kier alpha value is -2.00. The van der Waals surface area contributed by atoms with Crippen LogP contribution in [0.3, 0.4) is 0 Å². The number of rotatable bonds is 1. The van der Waals surface area contributed by atoms with Crippen molar-refractivity contribution in [3.05, 3.63) is 11.6 Å². The van der Waals surface area contributed by atoms with Crippen molar-refractivity contribution < 1.29 is 23.8 Å². The Kier molecular flexibility index (Phi) is 5.24. The Bertz CT molecular complexity index is 607. The van der Waals surface area contributed by atoms with Crippen molar-refractivity contribution >= 4 is 12.1 Å². The van der Waals surface area contributed by atoms with Crippen LogP contribution in [0.1, 0.15) is 40.0 Å². The Morgan fingerprint density at radius 2 is 2.04 bits per heavy atom. The summed E-state index contributed by atoms with van der Waals surface area (Å²) in [5.74, 6) is 4.85. The van der Waals surface area contributed by atoms with Crippen molar-refractivity contribution in [2.75, 3.05) is 20.8 Å². The highest BCUT2D eigenvalue weighted by atomic mass is 16.6. The Balaban J connectivity index is 2.41. The molecule has 1 amide bonds. The van der Waals surface area contributed by atoms with E-state index < -0.39 is 23.2 Å². The molecule has 0 bridgehead atoms. The van der Waals surface area contributed by atoms with Crippen LogP contribution in [-0.4, -0.2) is 55.0 Å². The summed E-state index contributed by atoms with van der Waals surface area (Å²) in [7, 11) is 2.92. The molecule has 2 atom stereocenters. The largest absolute Gasteiger partial charge is 0.459 e. The summed E-state index contributed by atoms with van der Waals surface area (Å²) in [4.78, 5) is 25.8. The molecular weight excluding hydrogens is 310 g/mol. The van der Waals surface area contributed by atoms with E-state index >= 15 is 0 Å². The fourth-order valence-corrected chi connectivity index (χ4v) is 3.15. The third kappa shape index (κ3) is 3.73. The SMILES string of the molecule is COC(=O)C#C[C@]12C[C@@H](OC)CC=C1CCN2C(=O)OC(C)(C)C. The molecule has 0 aromatic heterocycles. The van der Waals surface area contributed by atoms with Crippen LogP contribution in [0.4, 0.5) is 4.79 Å². The molecule has 0 unspecified atom stereocenters. The Morgan fingerprint density at radius 3 is 2.62 bits per heavy atom. The van der Waals surface area contributed by atoms with Gasteiger partial charge >= 0.3 is 12.1 Å². The minimum atomic E-state index is -0.866. The number of hydrogen-bond donors (Lipinski definition) is 0. The van der Waals surface area contributed by atoms with Gasteiger partial charge in [-0.15, -0.1) is 0 Å². The van der Waals surface area contributed by atoms with Crippen LogP contribution in [0.25, 0.3) is 0 Å². The highest BCUT2D eigenvalue weighted by Crippen LogP contribution is 2.43. The van der Waals surface area contributed by atoms with Crippen molar-refractivity contribution in [3.63, 3.8) is 0 Å². The van der Waals surface area contributed by atoms with Gasteiger partial charge in [0.1, 0.15) is 11.1 Å². The molecule has 0 N–H and O–H groups in total. The highest BCUT2D eigenvalue weighted by molar-refractivity contribution is 5.89. The molecule has 0 aromatic rings. The van der Waals surface area contributed by atoms with E-state index in [0.29, 0.717) is 19.4 Å². The molecule has 0 spiro atoms. The first-order valence-corrected chi connectivity index (χ1v) is 8.06. The fraction of sp³-hybridized carbons (Fsp3) is 0.667. The number of likely N-dealkylation sites (tertiary alicyclic amines) is 1. The number of esters is 1. The predicted octanol–water partition coefficient (Wildman–Crippen LogP) is 2.28. The van der Waals surface area contributed by atoms with Crippen molar-refractivity contribution in [2.45, 2.75) is 57.3 Å². The van der Waals surface area contributed by atoms with Gasteiger partial charge in [0, 0.05) is 26.0 Å². The van der Waals surface area contributed by atoms with E-state index in [1.165, 1.54) is 7.11 Å². The third-order valence-corrected chi connectivity index (χ3v) is 4.25. The van der Waals surface area contributed by atoms with E-state index in [9.17, 15) is 9.59 Å². The van der Waals surface area contributed by atoms with Crippen LogP contribution < -0.4 is 0 Å². The second kappa shape index (κ2) is 6.86. The first-order valence-electron chi connectivity index (χ1n) is 8.06. The van der Waals surface area contributed by atoms with E-state index in [4.69, 9.17) is 9.47 Å². The standard InChI is InChI=1S/C18H25NO5/c1-17(2,3)24-16(21)19-11-9-13-6-7-14(22-4)12-18(13,19)10-8-15(20)23-5/h6,14H,7,9,11-12H2,1-5H3/t14-,18-/m0/s1. The Labute approximate surface area is 143 Å². The molecule has 1 heterocycles. The van der Waals surface area contributed by atoms with Gasteiger partial charge in [0.15, 0.2) is 0 Å². The van der Waals surface area contributed by atoms with Gasteiger partial charge in [-0.1, -0.05) is 12.0 Å². The normalized spacial score (nSPS) is 26.0. The summed E-state index contributed by atoms with van der Waals surface area (Å²) < 4.78 is 15.6. The smallest absolute Gasteiger partial charge is 0.411 e. The van der Waals surface area contributed by atoms with Crippen LogP contribution >= 0.6 is 0 Å². The molecule has 1 aliphatic carbocycles. The van der Waals surface area contributed by atoms with Gasteiger partial charge in [-0.25, -0.2) is 9.59 Å². The summed E-state index contributed by atoms with van der Waals surface area (Å²) >= 11 is 0. The second-order valence-electron chi connectivity index (χ2n) is 7.01. The van der Waals surface area contributed by atoms with Gasteiger partial charge in [0.2, 0.25) is 0 Å². The fourth-order valence-electron chi connectivity index (χ4n) is 3.15. The molecule has 6 heteroatoms. The van der Waals surface area contributed by atoms with Crippen LogP contribution in [0.5, 0.6) is 0 Å². The first-order chi connectivity index (χ1) is 11.2. The number of amides is 1. The third-order valence-electron chi connectivity index (χ3n) is 4.25. The van der Waals surface area contributed by atoms with Crippen LogP contribution in [0, 0.1) is 11.8 Å². The number of fused-ring (bicyclic) bond motifs is 1. The van der Waals surface area contributed by atoms with Gasteiger partial charge < -0.3 is 14.2 Å². The lowest BCUT2D eigenvalue weighted by Gasteiger charge is -2.40. The van der Waals surface area contributed by atoms with Crippen LogP contribution in [0.2, 0.25) is 0 Å². The summed E-state index contributed by atoms with van der Waals surface area (Å²) in [5.41, 5.74) is -0.427. The van der Waals surface area contributed by atoms with Crippen molar-refractivity contribution in [1.82, 2.24) is 4.90 Å². The monoisotopic (exact) mass is 335 g/mol. The second-order valence-corrected chi connectivity index (χ2v) is 7.01. The lowest BCUT2D eigenvalue weighted by molar-refractivity contribution is -0.133.